The average Bonchev–Trinajstić information content (AvgIpc) is 2.04. The molecule has 0 radical (unpaired) electrons. The molecular formula is C6H13ClO5P+. The molecule has 0 aliphatic carbocycles. The van der Waals surface area contributed by atoms with Crippen LogP contribution in [-0.2, 0) is 13.8 Å². The quantitative estimate of drug-likeness (QED) is 0.459. The Labute approximate surface area is 82.9 Å². The van der Waals surface area contributed by atoms with E-state index in [1.165, 1.54) is 12.8 Å². The van der Waals surface area contributed by atoms with Gasteiger partial charge in [0.1, 0.15) is 0 Å². The number of carbonyl (C=O) groups is 1. The van der Waals surface area contributed by atoms with Crippen LogP contribution in [0.4, 0.5) is 4.79 Å². The van der Waals surface area contributed by atoms with E-state index in [1.807, 2.05) is 0 Å². The van der Waals surface area contributed by atoms with Gasteiger partial charge in [0.15, 0.2) is 6.07 Å². The first kappa shape index (κ1) is 15.1. The van der Waals surface area contributed by atoms with Gasteiger partial charge in [-0.25, -0.2) is 0 Å². The fourth-order valence-corrected chi connectivity index (χ4v) is 0.404. The van der Waals surface area contributed by atoms with Gasteiger partial charge in [-0.15, -0.1) is 9.42 Å². The lowest BCUT2D eigenvalue weighted by Crippen LogP contribution is -2.00. The largest absolute Gasteiger partial charge is 0.753 e. The van der Waals surface area contributed by atoms with Crippen molar-refractivity contribution in [2.75, 3.05) is 6.07 Å². The molecule has 7 heteroatoms. The number of carbonyl (C=O) groups excluding carboxylic acids is 1. The van der Waals surface area contributed by atoms with Gasteiger partial charge in [-0.3, -0.25) is 0 Å². The van der Waals surface area contributed by atoms with Gasteiger partial charge >= 0.3 is 14.4 Å². The first-order chi connectivity index (χ1) is 6.08. The standard InChI is InChI=1S/C4H10.C2H2ClO5P/c1-3-4-2;3-1-7-2(4)8-9(5)6/h3-4H2,1-2H3;1H2/p+1. The minimum absolute atomic E-state index is 0.401. The molecule has 0 rings (SSSR count). The van der Waals surface area contributed by atoms with Crippen molar-refractivity contribution in [3.05, 3.63) is 0 Å². The molecular weight excluding hydrogens is 218 g/mol. The van der Waals surface area contributed by atoms with Crippen molar-refractivity contribution in [3.8, 4) is 0 Å². The second kappa shape index (κ2) is 11.6. The first-order valence-corrected chi connectivity index (χ1v) is 5.31. The van der Waals surface area contributed by atoms with Gasteiger partial charge in [-0.05, 0) is 0 Å². The smallest absolute Gasteiger partial charge is 0.415 e. The number of hydrogen-bond donors (Lipinski definition) is 1. The molecule has 0 aromatic rings. The molecule has 0 bridgehead atoms. The molecule has 13 heavy (non-hydrogen) atoms. The van der Waals surface area contributed by atoms with Crippen molar-refractivity contribution in [2.45, 2.75) is 26.7 Å². The Morgan fingerprint density at radius 2 is 1.92 bits per heavy atom. The Hall–Kier alpha value is -0.380. The minimum atomic E-state index is -2.93. The van der Waals surface area contributed by atoms with Crippen molar-refractivity contribution in [1.29, 1.82) is 0 Å². The molecule has 0 saturated carbocycles. The molecule has 5 nitrogen and oxygen atoms in total. The fourth-order valence-electron chi connectivity index (χ4n) is 0.135. The van der Waals surface area contributed by atoms with Crippen LogP contribution in [0.15, 0.2) is 0 Å². The highest BCUT2D eigenvalue weighted by Crippen LogP contribution is 2.15. The lowest BCUT2D eigenvalue weighted by Gasteiger charge is -1.87. The highest BCUT2D eigenvalue weighted by Gasteiger charge is 2.20. The van der Waals surface area contributed by atoms with E-state index < -0.39 is 20.5 Å². The Kier molecular flexibility index (Phi) is 13.5. The minimum Gasteiger partial charge on any atom is -0.415 e. The molecule has 1 N–H and O–H groups in total. The molecule has 0 aromatic carbocycles. The first-order valence-electron chi connectivity index (χ1n) is 3.65. The third-order valence-electron chi connectivity index (χ3n) is 0.825. The van der Waals surface area contributed by atoms with Crippen LogP contribution in [0.3, 0.4) is 0 Å². The van der Waals surface area contributed by atoms with E-state index in [-0.39, 0.29) is 0 Å². The summed E-state index contributed by atoms with van der Waals surface area (Å²) in [6.07, 6.45) is 1.38. The summed E-state index contributed by atoms with van der Waals surface area (Å²) >= 11 is 4.88. The van der Waals surface area contributed by atoms with Gasteiger partial charge in [0, 0.05) is 4.57 Å². The monoisotopic (exact) mass is 231 g/mol. The van der Waals surface area contributed by atoms with Gasteiger partial charge in [0.25, 0.3) is 0 Å². The number of unbranched alkanes of at least 4 members (excludes halogenated alkanes) is 1. The molecule has 0 amide bonds. The van der Waals surface area contributed by atoms with Gasteiger partial charge in [-0.1, -0.05) is 38.3 Å². The van der Waals surface area contributed by atoms with E-state index in [0.29, 0.717) is 0 Å². The van der Waals surface area contributed by atoms with Crippen LogP contribution in [0.1, 0.15) is 26.7 Å². The molecule has 1 unspecified atom stereocenters. The maximum Gasteiger partial charge on any atom is 0.753 e. The predicted molar refractivity (Wildman–Crippen MR) is 48.7 cm³/mol. The maximum atomic E-state index is 9.98. The molecule has 78 valence electrons. The summed E-state index contributed by atoms with van der Waals surface area (Å²) in [6.45, 7) is 4.36. The number of ether oxygens (including phenoxy) is 1. The SMILES string of the molecule is CCCC.O=C(OCCl)O[P+](=O)O. The zero-order valence-corrected chi connectivity index (χ0v) is 9.18. The van der Waals surface area contributed by atoms with E-state index in [0.717, 1.165) is 0 Å². The van der Waals surface area contributed by atoms with Crippen LogP contribution in [0, 0.1) is 0 Å². The molecule has 0 aromatic heterocycles. The summed E-state index contributed by atoms with van der Waals surface area (Å²) in [5.41, 5.74) is 0. The summed E-state index contributed by atoms with van der Waals surface area (Å²) in [7, 11) is -2.93. The Bertz CT molecular complexity index is 150. The van der Waals surface area contributed by atoms with Crippen LogP contribution >= 0.6 is 19.9 Å². The van der Waals surface area contributed by atoms with Crippen molar-refractivity contribution < 1.29 is 23.5 Å². The average molecular weight is 232 g/mol. The van der Waals surface area contributed by atoms with Crippen molar-refractivity contribution in [1.82, 2.24) is 0 Å². The van der Waals surface area contributed by atoms with Gasteiger partial charge in [0.2, 0.25) is 0 Å². The normalized spacial score (nSPS) is 9.38. The number of hydrogen-bond acceptors (Lipinski definition) is 4. The molecule has 0 saturated heterocycles. The third-order valence-corrected chi connectivity index (χ3v) is 1.24. The van der Waals surface area contributed by atoms with Gasteiger partial charge in [0.05, 0.1) is 0 Å². The third kappa shape index (κ3) is 18.5. The number of rotatable bonds is 3. The summed E-state index contributed by atoms with van der Waals surface area (Å²) in [4.78, 5) is 17.9. The van der Waals surface area contributed by atoms with E-state index in [4.69, 9.17) is 16.5 Å². The number of alkyl halides is 1. The highest BCUT2D eigenvalue weighted by atomic mass is 35.5. The Morgan fingerprint density at radius 1 is 1.46 bits per heavy atom. The van der Waals surface area contributed by atoms with Crippen LogP contribution in [0.2, 0.25) is 0 Å². The molecule has 0 fully saturated rings. The van der Waals surface area contributed by atoms with Crippen molar-refractivity contribution in [2.24, 2.45) is 0 Å². The second-order valence-electron chi connectivity index (χ2n) is 1.83. The predicted octanol–water partition coefficient (Wildman–Crippen LogP) is 2.79. The van der Waals surface area contributed by atoms with Crippen LogP contribution < -0.4 is 0 Å². The summed E-state index contributed by atoms with van der Waals surface area (Å²) < 4.78 is 17.2. The summed E-state index contributed by atoms with van der Waals surface area (Å²) in [6, 6.07) is -0.401. The molecule has 1 atom stereocenters. The molecule has 0 aliphatic rings. The Balaban J connectivity index is 0. The lowest BCUT2D eigenvalue weighted by atomic mass is 10.4. The summed E-state index contributed by atoms with van der Waals surface area (Å²) in [5, 5.41) is 0. The van der Waals surface area contributed by atoms with E-state index in [1.54, 1.807) is 0 Å². The van der Waals surface area contributed by atoms with Crippen LogP contribution in [-0.4, -0.2) is 17.1 Å². The van der Waals surface area contributed by atoms with E-state index >= 15 is 0 Å². The molecule has 0 aliphatic heterocycles. The van der Waals surface area contributed by atoms with Gasteiger partial charge < -0.3 is 4.74 Å². The Morgan fingerprint density at radius 3 is 2.15 bits per heavy atom. The van der Waals surface area contributed by atoms with Crippen molar-refractivity contribution in [3.63, 3.8) is 0 Å². The fraction of sp³-hybridized carbons (Fsp3) is 0.833. The van der Waals surface area contributed by atoms with Crippen molar-refractivity contribution >= 4 is 26.0 Å². The zero-order valence-electron chi connectivity index (χ0n) is 7.53. The summed E-state index contributed by atoms with van der Waals surface area (Å²) in [5.74, 6) is 0. The van der Waals surface area contributed by atoms with E-state index in [9.17, 15) is 9.36 Å². The second-order valence-corrected chi connectivity index (χ2v) is 2.71. The van der Waals surface area contributed by atoms with Crippen LogP contribution in [0.25, 0.3) is 0 Å². The topological polar surface area (TPSA) is 72.8 Å². The van der Waals surface area contributed by atoms with E-state index in [2.05, 4.69) is 23.1 Å². The molecule has 0 heterocycles. The van der Waals surface area contributed by atoms with Crippen LogP contribution in [0.5, 0.6) is 0 Å². The highest BCUT2D eigenvalue weighted by molar-refractivity contribution is 7.32. The molecule has 0 spiro atoms. The maximum absolute atomic E-state index is 9.98. The van der Waals surface area contributed by atoms with Gasteiger partial charge in [-0.2, -0.15) is 4.79 Å². The lowest BCUT2D eigenvalue weighted by molar-refractivity contribution is 0.114. The number of halogens is 1. The zero-order chi connectivity index (χ0) is 10.7.